The minimum Gasteiger partial charge on any atom is -0.481 e. The van der Waals surface area contributed by atoms with Crippen LogP contribution in [0.25, 0.3) is 0 Å². The van der Waals surface area contributed by atoms with Crippen molar-refractivity contribution >= 4 is 35.6 Å². The Bertz CT molecular complexity index is 935. The third-order valence-corrected chi connectivity index (χ3v) is 4.98. The lowest BCUT2D eigenvalue weighted by molar-refractivity contribution is -0.144. The van der Waals surface area contributed by atoms with E-state index < -0.39 is 66.2 Å². The summed E-state index contributed by atoms with van der Waals surface area (Å²) in [5.41, 5.74) is 11.3. The Morgan fingerprint density at radius 1 is 0.972 bits per heavy atom. The van der Waals surface area contributed by atoms with Crippen LogP contribution in [-0.2, 0) is 35.2 Å². The number of aromatic nitrogens is 2. The van der Waals surface area contributed by atoms with E-state index in [2.05, 4.69) is 25.9 Å². The number of carboxylic acids is 2. The second-order valence-electron chi connectivity index (χ2n) is 8.64. The number of nitrogens with two attached hydrogens (primary N) is 2. The lowest BCUT2D eigenvalue weighted by atomic mass is 10.0. The van der Waals surface area contributed by atoms with Crippen LogP contribution in [0, 0.1) is 5.92 Å². The van der Waals surface area contributed by atoms with Crippen LogP contribution < -0.4 is 27.4 Å². The molecule has 0 aromatic carbocycles. The summed E-state index contributed by atoms with van der Waals surface area (Å²) in [6, 6.07) is -5.21. The van der Waals surface area contributed by atoms with Crippen molar-refractivity contribution in [2.75, 3.05) is 0 Å². The van der Waals surface area contributed by atoms with E-state index in [1.807, 2.05) is 0 Å². The number of nitrogens with zero attached hydrogens (tertiary/aromatic N) is 1. The van der Waals surface area contributed by atoms with E-state index in [4.69, 9.17) is 16.6 Å². The largest absolute Gasteiger partial charge is 0.481 e. The number of carbonyl (C=O) groups excluding carboxylic acids is 4. The zero-order chi connectivity index (χ0) is 27.4. The van der Waals surface area contributed by atoms with E-state index in [0.717, 1.165) is 0 Å². The molecule has 0 fully saturated rings. The van der Waals surface area contributed by atoms with Gasteiger partial charge in [-0.05, 0) is 18.8 Å². The van der Waals surface area contributed by atoms with Gasteiger partial charge in [0.25, 0.3) is 0 Å². The average molecular weight is 512 g/mol. The summed E-state index contributed by atoms with van der Waals surface area (Å²) in [6.07, 6.45) is 1.70. The molecule has 15 nitrogen and oxygen atoms in total. The van der Waals surface area contributed by atoms with Crippen LogP contribution in [0.5, 0.6) is 0 Å². The molecule has 200 valence electrons. The average Bonchev–Trinajstić information content (AvgIpc) is 3.28. The third kappa shape index (κ3) is 10.9. The molecule has 0 saturated carbocycles. The smallest absolute Gasteiger partial charge is 0.326 e. The summed E-state index contributed by atoms with van der Waals surface area (Å²) >= 11 is 0. The van der Waals surface area contributed by atoms with E-state index in [-0.39, 0.29) is 31.6 Å². The number of hydrogen-bond acceptors (Lipinski definition) is 8. The molecule has 0 saturated heterocycles. The molecule has 0 aliphatic heterocycles. The molecule has 10 N–H and O–H groups in total. The number of primary amides is 1. The molecule has 1 rings (SSSR count). The van der Waals surface area contributed by atoms with Gasteiger partial charge in [-0.2, -0.15) is 0 Å². The fraction of sp³-hybridized carbons (Fsp3) is 0.571. The van der Waals surface area contributed by atoms with Crippen molar-refractivity contribution in [1.29, 1.82) is 0 Å². The number of hydrogen-bond donors (Lipinski definition) is 8. The molecular weight excluding hydrogens is 478 g/mol. The molecule has 0 aliphatic carbocycles. The molecule has 0 bridgehead atoms. The Kier molecular flexibility index (Phi) is 12.0. The second-order valence-corrected chi connectivity index (χ2v) is 8.64. The number of aliphatic carboxylic acids is 2. The molecule has 4 unspecified atom stereocenters. The topological polar surface area (TPSA) is 260 Å². The van der Waals surface area contributed by atoms with Gasteiger partial charge in [-0.15, -0.1) is 0 Å². The summed E-state index contributed by atoms with van der Waals surface area (Å²) in [5, 5.41) is 25.2. The van der Waals surface area contributed by atoms with E-state index in [1.54, 1.807) is 13.8 Å². The summed E-state index contributed by atoms with van der Waals surface area (Å²) in [6.45, 7) is 3.55. The van der Waals surface area contributed by atoms with Crippen molar-refractivity contribution in [2.24, 2.45) is 17.4 Å². The Labute approximate surface area is 206 Å². The lowest BCUT2D eigenvalue weighted by Crippen LogP contribution is -2.58. The van der Waals surface area contributed by atoms with Crippen LogP contribution in [0.1, 0.15) is 45.2 Å². The Balaban J connectivity index is 3.05. The van der Waals surface area contributed by atoms with Crippen molar-refractivity contribution in [3.05, 3.63) is 18.2 Å². The quantitative estimate of drug-likeness (QED) is 0.117. The van der Waals surface area contributed by atoms with Crippen LogP contribution in [-0.4, -0.2) is 79.9 Å². The predicted molar refractivity (Wildman–Crippen MR) is 124 cm³/mol. The van der Waals surface area contributed by atoms with Crippen molar-refractivity contribution in [2.45, 2.75) is 70.1 Å². The number of carboxylic acid groups (broad SMARTS) is 2. The highest BCUT2D eigenvalue weighted by molar-refractivity contribution is 5.95. The number of carbonyl (C=O) groups is 6. The van der Waals surface area contributed by atoms with Gasteiger partial charge in [0, 0.05) is 24.7 Å². The maximum atomic E-state index is 13.1. The molecule has 1 aromatic rings. The molecule has 1 heterocycles. The van der Waals surface area contributed by atoms with Gasteiger partial charge in [0.05, 0.1) is 18.8 Å². The summed E-state index contributed by atoms with van der Waals surface area (Å²) in [4.78, 5) is 78.4. The number of aromatic amines is 1. The Hall–Kier alpha value is -4.01. The molecule has 4 atom stereocenters. The molecule has 1 aromatic heterocycles. The van der Waals surface area contributed by atoms with Crippen LogP contribution in [0.2, 0.25) is 0 Å². The monoisotopic (exact) mass is 511 g/mol. The molecule has 0 radical (unpaired) electrons. The van der Waals surface area contributed by atoms with Gasteiger partial charge < -0.3 is 42.6 Å². The van der Waals surface area contributed by atoms with Crippen LogP contribution >= 0.6 is 0 Å². The zero-order valence-corrected chi connectivity index (χ0v) is 20.0. The van der Waals surface area contributed by atoms with Gasteiger partial charge in [0.2, 0.25) is 23.6 Å². The van der Waals surface area contributed by atoms with Gasteiger partial charge in [0.1, 0.15) is 18.1 Å². The number of H-pyrrole nitrogens is 1. The molecule has 15 heteroatoms. The minimum atomic E-state index is -1.59. The normalized spacial score (nSPS) is 14.2. The first-order chi connectivity index (χ1) is 16.8. The highest BCUT2D eigenvalue weighted by Gasteiger charge is 2.31. The van der Waals surface area contributed by atoms with Crippen LogP contribution in [0.4, 0.5) is 0 Å². The number of nitrogens with one attached hydrogen (secondary N) is 4. The Morgan fingerprint density at radius 2 is 1.56 bits per heavy atom. The van der Waals surface area contributed by atoms with Crippen molar-refractivity contribution in [3.63, 3.8) is 0 Å². The van der Waals surface area contributed by atoms with E-state index in [1.165, 1.54) is 12.5 Å². The SMILES string of the molecule is CC(C)CC(NC(=O)C(Cc1cnc[nH]1)NC(=O)C(N)CCC(=O)O)C(=O)NC(CC(N)=O)C(=O)O. The van der Waals surface area contributed by atoms with Crippen molar-refractivity contribution < 1.29 is 39.0 Å². The third-order valence-electron chi connectivity index (χ3n) is 4.98. The van der Waals surface area contributed by atoms with Crippen LogP contribution in [0.15, 0.2) is 12.5 Å². The van der Waals surface area contributed by atoms with E-state index in [0.29, 0.717) is 5.69 Å². The fourth-order valence-electron chi connectivity index (χ4n) is 3.16. The number of imidazole rings is 1. The summed E-state index contributed by atoms with van der Waals surface area (Å²) < 4.78 is 0. The first-order valence-corrected chi connectivity index (χ1v) is 11.2. The van der Waals surface area contributed by atoms with Gasteiger partial charge in [-0.3, -0.25) is 24.0 Å². The Morgan fingerprint density at radius 3 is 2.06 bits per heavy atom. The highest BCUT2D eigenvalue weighted by Crippen LogP contribution is 2.08. The minimum absolute atomic E-state index is 0.0569. The maximum absolute atomic E-state index is 13.1. The first kappa shape index (κ1) is 30.0. The van der Waals surface area contributed by atoms with Gasteiger partial charge in [-0.25, -0.2) is 9.78 Å². The summed E-state index contributed by atoms with van der Waals surface area (Å²) in [7, 11) is 0. The zero-order valence-electron chi connectivity index (χ0n) is 20.0. The second kappa shape index (κ2) is 14.4. The first-order valence-electron chi connectivity index (χ1n) is 11.2. The van der Waals surface area contributed by atoms with E-state index in [9.17, 15) is 33.9 Å². The van der Waals surface area contributed by atoms with Crippen LogP contribution in [0.3, 0.4) is 0 Å². The van der Waals surface area contributed by atoms with Crippen molar-refractivity contribution in [3.8, 4) is 0 Å². The standard InChI is InChI=1S/C21H33N7O8/c1-10(2)5-13(19(33)28-15(21(35)36)7-16(23)29)27-20(34)14(6-11-8-24-9-25-11)26-18(32)12(22)3-4-17(30)31/h8-10,12-15H,3-7,22H2,1-2H3,(H2,23,29)(H,24,25)(H,26,32)(H,27,34)(H,28,33)(H,30,31)(H,35,36). The molecular formula is C21H33N7O8. The van der Waals surface area contributed by atoms with E-state index >= 15 is 0 Å². The highest BCUT2D eigenvalue weighted by atomic mass is 16.4. The molecule has 4 amide bonds. The summed E-state index contributed by atoms with van der Waals surface area (Å²) in [5.74, 6) is -6.05. The molecule has 0 spiro atoms. The maximum Gasteiger partial charge on any atom is 0.326 e. The number of rotatable bonds is 16. The van der Waals surface area contributed by atoms with Crippen molar-refractivity contribution in [1.82, 2.24) is 25.9 Å². The predicted octanol–water partition coefficient (Wildman–Crippen LogP) is -2.40. The fourth-order valence-corrected chi connectivity index (χ4v) is 3.16. The molecule has 36 heavy (non-hydrogen) atoms. The number of amides is 4. The van der Waals surface area contributed by atoms with Gasteiger partial charge in [0.15, 0.2) is 0 Å². The van der Waals surface area contributed by atoms with Gasteiger partial charge >= 0.3 is 11.9 Å². The lowest BCUT2D eigenvalue weighted by Gasteiger charge is -2.25. The molecule has 0 aliphatic rings. The van der Waals surface area contributed by atoms with Gasteiger partial charge in [-0.1, -0.05) is 13.8 Å².